The summed E-state index contributed by atoms with van der Waals surface area (Å²) in [5, 5.41) is 3.23. The number of aromatic nitrogens is 1. The number of piperidine rings is 1. The number of carbonyl (C=O) groups is 1. The van der Waals surface area contributed by atoms with Gasteiger partial charge in [-0.3, -0.25) is 4.79 Å². The first-order valence-electron chi connectivity index (χ1n) is 9.19. The summed E-state index contributed by atoms with van der Waals surface area (Å²) in [4.78, 5) is 18.7. The quantitative estimate of drug-likeness (QED) is 0.745. The van der Waals surface area contributed by atoms with Crippen LogP contribution in [0.25, 0.3) is 11.3 Å². The van der Waals surface area contributed by atoms with E-state index in [1.165, 1.54) is 0 Å². The minimum atomic E-state index is 0. The average Bonchev–Trinajstić information content (AvgIpc) is 3.12. The minimum Gasteiger partial charge on any atom is -0.441 e. The maximum absolute atomic E-state index is 12.3. The highest BCUT2D eigenvalue weighted by Gasteiger charge is 2.22. The molecule has 27 heavy (non-hydrogen) atoms. The Labute approximate surface area is 173 Å². The lowest BCUT2D eigenvalue weighted by molar-refractivity contribution is -0.132. The van der Waals surface area contributed by atoms with Crippen LogP contribution in [0.3, 0.4) is 0 Å². The summed E-state index contributed by atoms with van der Waals surface area (Å²) in [7, 11) is 1.99. The SMILES string of the molecule is CNCC1CCN(C(=O)CCCc2ncc(-c3ccccc3)o2)CC1.Cl.Cl. The number of oxazole rings is 1. The Morgan fingerprint density at radius 1 is 1.22 bits per heavy atom. The van der Waals surface area contributed by atoms with Gasteiger partial charge in [-0.2, -0.15) is 0 Å². The Morgan fingerprint density at radius 3 is 2.59 bits per heavy atom. The number of likely N-dealkylation sites (tertiary alicyclic amines) is 1. The van der Waals surface area contributed by atoms with Crippen molar-refractivity contribution in [2.24, 2.45) is 5.92 Å². The zero-order chi connectivity index (χ0) is 17.5. The average molecular weight is 414 g/mol. The van der Waals surface area contributed by atoms with Crippen LogP contribution in [-0.2, 0) is 11.2 Å². The lowest BCUT2D eigenvalue weighted by Gasteiger charge is -2.32. The number of amides is 1. The molecule has 1 aromatic carbocycles. The standard InChI is InChI=1S/C20H27N3O2.2ClH/c1-21-14-16-10-12-23(13-11-16)20(24)9-5-8-19-22-15-18(25-19)17-6-3-2-4-7-17;;/h2-4,6-7,15-16,21H,5,8-14H2,1H3;2*1H. The van der Waals surface area contributed by atoms with E-state index in [4.69, 9.17) is 4.42 Å². The third-order valence-electron chi connectivity index (χ3n) is 4.85. The van der Waals surface area contributed by atoms with E-state index in [0.29, 0.717) is 24.7 Å². The summed E-state index contributed by atoms with van der Waals surface area (Å²) in [6.07, 6.45) is 6.02. The van der Waals surface area contributed by atoms with Crippen LogP contribution >= 0.6 is 24.8 Å². The lowest BCUT2D eigenvalue weighted by atomic mass is 9.96. The molecule has 0 aliphatic carbocycles. The Balaban J connectivity index is 0.00000182. The van der Waals surface area contributed by atoms with Crippen LogP contribution in [0.1, 0.15) is 31.6 Å². The first-order chi connectivity index (χ1) is 12.3. The Kier molecular flexibility index (Phi) is 10.4. The third kappa shape index (κ3) is 6.83. The molecule has 0 unspecified atom stereocenters. The molecule has 1 aliphatic rings. The van der Waals surface area contributed by atoms with Gasteiger partial charge in [0.2, 0.25) is 5.91 Å². The zero-order valence-electron chi connectivity index (χ0n) is 15.7. The van der Waals surface area contributed by atoms with Crippen molar-refractivity contribution >= 4 is 30.7 Å². The van der Waals surface area contributed by atoms with Crippen molar-refractivity contribution in [2.75, 3.05) is 26.7 Å². The number of hydrogen-bond donors (Lipinski definition) is 1. The van der Waals surface area contributed by atoms with Crippen molar-refractivity contribution in [1.29, 1.82) is 0 Å². The van der Waals surface area contributed by atoms with Gasteiger partial charge in [-0.1, -0.05) is 30.3 Å². The second-order valence-electron chi connectivity index (χ2n) is 6.72. The number of rotatable bonds is 7. The van der Waals surface area contributed by atoms with Gasteiger partial charge in [0.15, 0.2) is 11.7 Å². The van der Waals surface area contributed by atoms with Crippen LogP contribution in [0.4, 0.5) is 0 Å². The van der Waals surface area contributed by atoms with Crippen molar-refractivity contribution in [3.8, 4) is 11.3 Å². The summed E-state index contributed by atoms with van der Waals surface area (Å²) >= 11 is 0. The first kappa shape index (κ1) is 23.5. The van der Waals surface area contributed by atoms with Crippen LogP contribution in [0.2, 0.25) is 0 Å². The van der Waals surface area contributed by atoms with Crippen LogP contribution in [0.15, 0.2) is 40.9 Å². The number of carbonyl (C=O) groups excluding carboxylic acids is 1. The van der Waals surface area contributed by atoms with Gasteiger partial charge in [-0.05, 0) is 38.8 Å². The molecule has 1 aromatic heterocycles. The summed E-state index contributed by atoms with van der Waals surface area (Å²) in [5.41, 5.74) is 1.03. The van der Waals surface area contributed by atoms with E-state index in [2.05, 4.69) is 10.3 Å². The van der Waals surface area contributed by atoms with E-state index in [1.807, 2.05) is 42.3 Å². The molecule has 2 heterocycles. The van der Waals surface area contributed by atoms with Crippen LogP contribution < -0.4 is 5.32 Å². The second kappa shape index (κ2) is 12.0. The molecule has 2 aromatic rings. The monoisotopic (exact) mass is 413 g/mol. The maximum atomic E-state index is 12.3. The van der Waals surface area contributed by atoms with Gasteiger partial charge in [0.25, 0.3) is 0 Å². The van der Waals surface area contributed by atoms with E-state index in [0.717, 1.165) is 50.2 Å². The van der Waals surface area contributed by atoms with Gasteiger partial charge in [-0.25, -0.2) is 4.98 Å². The van der Waals surface area contributed by atoms with Gasteiger partial charge in [-0.15, -0.1) is 24.8 Å². The number of halogens is 2. The Morgan fingerprint density at radius 2 is 1.93 bits per heavy atom. The molecule has 1 saturated heterocycles. The fourth-order valence-corrected chi connectivity index (χ4v) is 3.39. The molecule has 3 rings (SSSR count). The molecule has 0 radical (unpaired) electrons. The molecule has 0 spiro atoms. The highest BCUT2D eigenvalue weighted by Crippen LogP contribution is 2.21. The van der Waals surface area contributed by atoms with E-state index in [1.54, 1.807) is 6.20 Å². The number of nitrogens with one attached hydrogen (secondary N) is 1. The van der Waals surface area contributed by atoms with Crippen molar-refractivity contribution in [2.45, 2.75) is 32.1 Å². The molecule has 0 bridgehead atoms. The Hall–Kier alpha value is -1.56. The largest absolute Gasteiger partial charge is 0.441 e. The van der Waals surface area contributed by atoms with Gasteiger partial charge in [0.05, 0.1) is 6.20 Å². The summed E-state index contributed by atoms with van der Waals surface area (Å²) in [6, 6.07) is 9.96. The summed E-state index contributed by atoms with van der Waals surface area (Å²) < 4.78 is 5.79. The van der Waals surface area contributed by atoms with Gasteiger partial charge >= 0.3 is 0 Å². The zero-order valence-corrected chi connectivity index (χ0v) is 17.4. The second-order valence-corrected chi connectivity index (χ2v) is 6.72. The predicted octanol–water partition coefficient (Wildman–Crippen LogP) is 3.97. The van der Waals surface area contributed by atoms with Gasteiger partial charge in [0, 0.05) is 31.5 Å². The predicted molar refractivity (Wildman–Crippen MR) is 113 cm³/mol. The normalized spacial score (nSPS) is 14.3. The third-order valence-corrected chi connectivity index (χ3v) is 4.85. The van der Waals surface area contributed by atoms with Crippen LogP contribution in [0, 0.1) is 5.92 Å². The summed E-state index contributed by atoms with van der Waals surface area (Å²) in [5.74, 6) is 2.46. The number of hydrogen-bond acceptors (Lipinski definition) is 4. The van der Waals surface area contributed by atoms with Crippen molar-refractivity contribution in [3.05, 3.63) is 42.4 Å². The molecular weight excluding hydrogens is 385 g/mol. The first-order valence-corrected chi connectivity index (χ1v) is 9.19. The highest BCUT2D eigenvalue weighted by atomic mass is 35.5. The van der Waals surface area contributed by atoms with Crippen LogP contribution in [0.5, 0.6) is 0 Å². The smallest absolute Gasteiger partial charge is 0.222 e. The van der Waals surface area contributed by atoms with E-state index in [-0.39, 0.29) is 30.7 Å². The topological polar surface area (TPSA) is 58.4 Å². The van der Waals surface area contributed by atoms with E-state index in [9.17, 15) is 4.79 Å². The minimum absolute atomic E-state index is 0. The molecule has 1 fully saturated rings. The molecular formula is C20H29Cl2N3O2. The molecule has 1 aliphatic heterocycles. The molecule has 1 N–H and O–H groups in total. The Bertz CT molecular complexity index is 671. The lowest BCUT2D eigenvalue weighted by Crippen LogP contribution is -2.40. The molecule has 0 atom stereocenters. The molecule has 0 saturated carbocycles. The maximum Gasteiger partial charge on any atom is 0.222 e. The van der Waals surface area contributed by atoms with Crippen molar-refractivity contribution in [1.82, 2.24) is 15.2 Å². The molecule has 5 nitrogen and oxygen atoms in total. The van der Waals surface area contributed by atoms with E-state index >= 15 is 0 Å². The molecule has 150 valence electrons. The summed E-state index contributed by atoms with van der Waals surface area (Å²) in [6.45, 7) is 2.83. The molecule has 1 amide bonds. The number of nitrogens with zero attached hydrogens (tertiary/aromatic N) is 2. The van der Waals surface area contributed by atoms with Crippen molar-refractivity contribution in [3.63, 3.8) is 0 Å². The van der Waals surface area contributed by atoms with Crippen LogP contribution in [-0.4, -0.2) is 42.5 Å². The fraction of sp³-hybridized carbons (Fsp3) is 0.500. The van der Waals surface area contributed by atoms with Gasteiger partial charge in [0.1, 0.15) is 0 Å². The van der Waals surface area contributed by atoms with E-state index < -0.39 is 0 Å². The number of aryl methyl sites for hydroxylation is 1. The highest BCUT2D eigenvalue weighted by molar-refractivity contribution is 5.85. The number of benzene rings is 1. The van der Waals surface area contributed by atoms with Crippen molar-refractivity contribution < 1.29 is 9.21 Å². The fourth-order valence-electron chi connectivity index (χ4n) is 3.39. The molecule has 7 heteroatoms. The van der Waals surface area contributed by atoms with Gasteiger partial charge < -0.3 is 14.6 Å².